The largest absolute Gasteiger partial charge is 0.481 e. The minimum absolute atomic E-state index is 0.176. The fourth-order valence-corrected chi connectivity index (χ4v) is 3.96. The van der Waals surface area contributed by atoms with Crippen LogP contribution < -0.4 is 5.32 Å². The van der Waals surface area contributed by atoms with Gasteiger partial charge in [-0.2, -0.15) is 5.26 Å². The van der Waals surface area contributed by atoms with Crippen LogP contribution in [-0.4, -0.2) is 23.7 Å². The number of carboxylic acids is 1. The average molecular weight is 278 g/mol. The molecule has 0 amide bonds. The highest BCUT2D eigenvalue weighted by Gasteiger charge is 2.50. The third-order valence-corrected chi connectivity index (χ3v) is 5.11. The Morgan fingerprint density at radius 2 is 2.05 bits per heavy atom. The molecule has 0 saturated heterocycles. The third-order valence-electron chi connectivity index (χ3n) is 5.11. The Balaban J connectivity index is 1.72. The van der Waals surface area contributed by atoms with Crippen molar-refractivity contribution in [1.29, 1.82) is 5.26 Å². The van der Waals surface area contributed by atoms with Crippen molar-refractivity contribution < 1.29 is 9.90 Å². The van der Waals surface area contributed by atoms with Gasteiger partial charge in [0, 0.05) is 6.04 Å². The lowest BCUT2D eigenvalue weighted by atomic mass is 9.84. The van der Waals surface area contributed by atoms with E-state index in [9.17, 15) is 9.90 Å². The van der Waals surface area contributed by atoms with Gasteiger partial charge in [0.1, 0.15) is 0 Å². The molecule has 0 aromatic heterocycles. The molecule has 2 bridgehead atoms. The van der Waals surface area contributed by atoms with E-state index in [2.05, 4.69) is 11.4 Å². The van der Waals surface area contributed by atoms with Crippen molar-refractivity contribution in [1.82, 2.24) is 5.32 Å². The molecule has 2 fully saturated rings. The van der Waals surface area contributed by atoms with Gasteiger partial charge < -0.3 is 10.4 Å². The number of hydrogen-bond donors (Lipinski definition) is 2. The second-order valence-corrected chi connectivity index (χ2v) is 7.13. The van der Waals surface area contributed by atoms with Gasteiger partial charge in [-0.1, -0.05) is 6.42 Å². The normalized spacial score (nSPS) is 32.2. The van der Waals surface area contributed by atoms with Crippen molar-refractivity contribution in [3.05, 3.63) is 0 Å². The first-order chi connectivity index (χ1) is 9.44. The highest BCUT2D eigenvalue weighted by Crippen LogP contribution is 2.48. The van der Waals surface area contributed by atoms with Crippen molar-refractivity contribution in [3.8, 4) is 6.07 Å². The molecule has 2 aliphatic rings. The number of hydrogen-bond acceptors (Lipinski definition) is 3. The molecule has 2 saturated carbocycles. The molecule has 112 valence electrons. The summed E-state index contributed by atoms with van der Waals surface area (Å²) in [5.41, 5.74) is -0.240. The Labute approximate surface area is 121 Å². The fourth-order valence-electron chi connectivity index (χ4n) is 3.96. The monoisotopic (exact) mass is 278 g/mol. The number of aliphatic carboxylic acids is 1. The van der Waals surface area contributed by atoms with E-state index >= 15 is 0 Å². The topological polar surface area (TPSA) is 73.1 Å². The van der Waals surface area contributed by atoms with Gasteiger partial charge in [-0.3, -0.25) is 4.79 Å². The summed E-state index contributed by atoms with van der Waals surface area (Å²) in [7, 11) is 0. The van der Waals surface area contributed by atoms with E-state index in [0.29, 0.717) is 11.8 Å². The lowest BCUT2D eigenvalue weighted by molar-refractivity contribution is -0.144. The standard InChI is InChI=1S/C16H26N2O2/c1-16(2,10-17)7-3-4-8-18-14-12-6-5-11(9-12)13(14)15(19)20/h11-14,18H,3-9H2,1-2H3,(H,19,20). The molecule has 0 aliphatic heterocycles. The van der Waals surface area contributed by atoms with Gasteiger partial charge in [-0.15, -0.1) is 0 Å². The quantitative estimate of drug-likeness (QED) is 0.702. The van der Waals surface area contributed by atoms with Crippen LogP contribution in [0.5, 0.6) is 0 Å². The number of carbonyl (C=O) groups is 1. The van der Waals surface area contributed by atoms with Gasteiger partial charge in [0.25, 0.3) is 0 Å². The van der Waals surface area contributed by atoms with Crippen molar-refractivity contribution >= 4 is 5.97 Å². The van der Waals surface area contributed by atoms with Crippen LogP contribution in [0.15, 0.2) is 0 Å². The van der Waals surface area contributed by atoms with Gasteiger partial charge in [-0.05, 0) is 64.3 Å². The number of unbranched alkanes of at least 4 members (excludes halogenated alkanes) is 1. The molecular weight excluding hydrogens is 252 g/mol. The molecular formula is C16H26N2O2. The lowest BCUT2D eigenvalue weighted by Crippen LogP contribution is -2.44. The summed E-state index contributed by atoms with van der Waals surface area (Å²) in [5.74, 6) is 0.161. The van der Waals surface area contributed by atoms with Crippen LogP contribution in [0.4, 0.5) is 0 Å². The first-order valence-corrected chi connectivity index (χ1v) is 7.82. The molecule has 4 unspecified atom stereocenters. The highest BCUT2D eigenvalue weighted by molar-refractivity contribution is 5.72. The molecule has 0 aromatic carbocycles. The Morgan fingerprint density at radius 3 is 2.70 bits per heavy atom. The number of fused-ring (bicyclic) bond motifs is 2. The second kappa shape index (κ2) is 6.13. The number of rotatable bonds is 7. The Bertz CT molecular complexity index is 400. The maximum Gasteiger partial charge on any atom is 0.308 e. The van der Waals surface area contributed by atoms with Crippen LogP contribution in [-0.2, 0) is 4.79 Å². The van der Waals surface area contributed by atoms with Gasteiger partial charge in [0.2, 0.25) is 0 Å². The van der Waals surface area contributed by atoms with E-state index in [1.54, 1.807) is 0 Å². The van der Waals surface area contributed by atoms with Gasteiger partial charge >= 0.3 is 5.97 Å². The molecule has 4 heteroatoms. The van der Waals surface area contributed by atoms with Crippen molar-refractivity contribution in [2.24, 2.45) is 23.2 Å². The van der Waals surface area contributed by atoms with Crippen LogP contribution in [0, 0.1) is 34.5 Å². The summed E-state index contributed by atoms with van der Waals surface area (Å²) in [6, 6.07) is 2.50. The Kier molecular flexibility index (Phi) is 4.70. The Morgan fingerprint density at radius 1 is 1.35 bits per heavy atom. The molecule has 20 heavy (non-hydrogen) atoms. The molecule has 0 aromatic rings. The predicted molar refractivity (Wildman–Crippen MR) is 77.0 cm³/mol. The fraction of sp³-hybridized carbons (Fsp3) is 0.875. The van der Waals surface area contributed by atoms with E-state index in [1.807, 2.05) is 13.8 Å². The summed E-state index contributed by atoms with van der Waals surface area (Å²) in [5, 5.41) is 21.8. The van der Waals surface area contributed by atoms with Crippen LogP contribution in [0.2, 0.25) is 0 Å². The molecule has 0 spiro atoms. The number of nitrogens with zero attached hydrogens (tertiary/aromatic N) is 1. The molecule has 0 heterocycles. The summed E-state index contributed by atoms with van der Waals surface area (Å²) >= 11 is 0. The zero-order valence-corrected chi connectivity index (χ0v) is 12.6. The van der Waals surface area contributed by atoms with E-state index in [-0.39, 0.29) is 17.4 Å². The molecule has 2 rings (SSSR count). The van der Waals surface area contributed by atoms with Crippen LogP contribution >= 0.6 is 0 Å². The van der Waals surface area contributed by atoms with Crippen LogP contribution in [0.25, 0.3) is 0 Å². The van der Waals surface area contributed by atoms with Gasteiger partial charge in [0.05, 0.1) is 17.4 Å². The SMILES string of the molecule is CC(C)(C#N)CCCCNC1C2CCC(C2)C1C(=O)O. The highest BCUT2D eigenvalue weighted by atomic mass is 16.4. The minimum atomic E-state index is -0.625. The zero-order valence-electron chi connectivity index (χ0n) is 12.6. The predicted octanol–water partition coefficient (Wildman–Crippen LogP) is 2.80. The Hall–Kier alpha value is -1.08. The number of carboxylic acid groups (broad SMARTS) is 1. The number of nitrogens with one attached hydrogen (secondary N) is 1. The molecule has 2 aliphatic carbocycles. The smallest absolute Gasteiger partial charge is 0.308 e. The first kappa shape index (κ1) is 15.3. The molecule has 2 N–H and O–H groups in total. The number of nitriles is 1. The van der Waals surface area contributed by atoms with Gasteiger partial charge in [-0.25, -0.2) is 0 Å². The van der Waals surface area contributed by atoms with Crippen LogP contribution in [0.1, 0.15) is 52.4 Å². The van der Waals surface area contributed by atoms with Crippen molar-refractivity contribution in [2.75, 3.05) is 6.54 Å². The van der Waals surface area contributed by atoms with E-state index in [1.165, 1.54) is 6.42 Å². The van der Waals surface area contributed by atoms with E-state index in [0.717, 1.165) is 38.6 Å². The second-order valence-electron chi connectivity index (χ2n) is 7.13. The first-order valence-electron chi connectivity index (χ1n) is 7.82. The summed E-state index contributed by atoms with van der Waals surface area (Å²) in [4.78, 5) is 11.4. The van der Waals surface area contributed by atoms with Crippen molar-refractivity contribution in [3.63, 3.8) is 0 Å². The van der Waals surface area contributed by atoms with Crippen LogP contribution in [0.3, 0.4) is 0 Å². The molecule has 0 radical (unpaired) electrons. The van der Waals surface area contributed by atoms with Gasteiger partial charge in [0.15, 0.2) is 0 Å². The van der Waals surface area contributed by atoms with E-state index in [4.69, 9.17) is 5.26 Å². The molecule has 4 atom stereocenters. The maximum atomic E-state index is 11.4. The summed E-state index contributed by atoms with van der Waals surface area (Å²) in [6.07, 6.45) is 6.32. The van der Waals surface area contributed by atoms with Crippen molar-refractivity contribution in [2.45, 2.75) is 58.4 Å². The maximum absolute atomic E-state index is 11.4. The lowest BCUT2D eigenvalue weighted by Gasteiger charge is -2.29. The van der Waals surface area contributed by atoms with E-state index < -0.39 is 5.97 Å². The minimum Gasteiger partial charge on any atom is -0.481 e. The summed E-state index contributed by atoms with van der Waals surface area (Å²) in [6.45, 7) is 4.81. The average Bonchev–Trinajstić information content (AvgIpc) is 2.98. The zero-order chi connectivity index (χ0) is 14.8. The summed E-state index contributed by atoms with van der Waals surface area (Å²) < 4.78 is 0. The molecule has 4 nitrogen and oxygen atoms in total. The third kappa shape index (κ3) is 3.32.